The summed E-state index contributed by atoms with van der Waals surface area (Å²) in [6.45, 7) is 1.95. The second-order valence-corrected chi connectivity index (χ2v) is 5.05. The molecular formula is C15H15N3O2S. The molecule has 0 fully saturated rings. The number of methoxy groups -OCH3 is 2. The summed E-state index contributed by atoms with van der Waals surface area (Å²) < 4.78 is 13.1. The minimum absolute atomic E-state index is 0.582. The summed E-state index contributed by atoms with van der Waals surface area (Å²) in [6.07, 6.45) is 0. The van der Waals surface area contributed by atoms with Crippen LogP contribution in [0.1, 0.15) is 5.69 Å². The molecule has 0 aliphatic rings. The smallest absolute Gasteiger partial charge is 0.184 e. The van der Waals surface area contributed by atoms with E-state index in [4.69, 9.17) is 21.7 Å². The number of aromatic nitrogens is 3. The van der Waals surface area contributed by atoms with E-state index in [0.29, 0.717) is 16.3 Å². The number of H-pyrrole nitrogens is 1. The van der Waals surface area contributed by atoms with Gasteiger partial charge in [0.2, 0.25) is 0 Å². The summed E-state index contributed by atoms with van der Waals surface area (Å²) in [7, 11) is 3.24. The molecule has 0 radical (unpaired) electrons. The molecule has 2 aromatic heterocycles. The van der Waals surface area contributed by atoms with Crippen LogP contribution in [0.25, 0.3) is 16.9 Å². The molecule has 0 bridgehead atoms. The van der Waals surface area contributed by atoms with Crippen LogP contribution in [0, 0.1) is 11.7 Å². The molecule has 0 atom stereocenters. The molecule has 0 aliphatic heterocycles. The van der Waals surface area contributed by atoms with Crippen molar-refractivity contribution in [2.45, 2.75) is 6.92 Å². The Morgan fingerprint density at radius 1 is 1.10 bits per heavy atom. The zero-order chi connectivity index (χ0) is 15.0. The van der Waals surface area contributed by atoms with E-state index in [1.807, 2.05) is 41.8 Å². The highest BCUT2D eigenvalue weighted by molar-refractivity contribution is 7.71. The summed E-state index contributed by atoms with van der Waals surface area (Å²) in [5.41, 5.74) is 3.46. The first kappa shape index (κ1) is 13.6. The van der Waals surface area contributed by atoms with Gasteiger partial charge >= 0.3 is 0 Å². The lowest BCUT2D eigenvalue weighted by Gasteiger charge is -2.09. The number of aryl methyl sites for hydroxylation is 1. The lowest BCUT2D eigenvalue weighted by Crippen LogP contribution is -1.98. The molecule has 6 heteroatoms. The minimum atomic E-state index is 0.582. The van der Waals surface area contributed by atoms with Crippen molar-refractivity contribution in [3.05, 3.63) is 40.8 Å². The van der Waals surface area contributed by atoms with Gasteiger partial charge in [-0.3, -0.25) is 4.57 Å². The zero-order valence-corrected chi connectivity index (χ0v) is 12.8. The van der Waals surface area contributed by atoms with Crippen molar-refractivity contribution in [2.24, 2.45) is 0 Å². The Morgan fingerprint density at radius 2 is 1.76 bits per heavy atom. The quantitative estimate of drug-likeness (QED) is 0.753. The molecule has 2 heterocycles. The maximum absolute atomic E-state index is 5.42. The van der Waals surface area contributed by atoms with Gasteiger partial charge in [0.1, 0.15) is 11.5 Å². The third kappa shape index (κ3) is 2.38. The van der Waals surface area contributed by atoms with Crippen LogP contribution in [0.5, 0.6) is 11.5 Å². The van der Waals surface area contributed by atoms with Crippen molar-refractivity contribution < 1.29 is 9.47 Å². The van der Waals surface area contributed by atoms with Gasteiger partial charge in [-0.2, -0.15) is 0 Å². The lowest BCUT2D eigenvalue weighted by atomic mass is 10.2. The van der Waals surface area contributed by atoms with E-state index in [1.54, 1.807) is 14.2 Å². The highest BCUT2D eigenvalue weighted by atomic mass is 32.1. The van der Waals surface area contributed by atoms with Crippen molar-refractivity contribution in [3.8, 4) is 17.2 Å². The van der Waals surface area contributed by atoms with Crippen molar-refractivity contribution in [1.82, 2.24) is 14.5 Å². The number of pyridine rings is 1. The fraction of sp³-hybridized carbons (Fsp3) is 0.200. The Balaban J connectivity index is 2.31. The van der Waals surface area contributed by atoms with Gasteiger partial charge in [-0.05, 0) is 31.3 Å². The SMILES string of the molecule is COc1cc(OC)cc(-n2c(=S)[nH]c3ccc(C)nc32)c1. The van der Waals surface area contributed by atoms with Gasteiger partial charge in [-0.15, -0.1) is 0 Å². The Bertz CT molecular complexity index is 845. The van der Waals surface area contributed by atoms with Gasteiger partial charge in [0.05, 0.1) is 25.4 Å². The van der Waals surface area contributed by atoms with Crippen LogP contribution in [0.3, 0.4) is 0 Å². The summed E-state index contributed by atoms with van der Waals surface area (Å²) in [4.78, 5) is 7.73. The Kier molecular flexibility index (Phi) is 3.39. The first-order valence-corrected chi connectivity index (χ1v) is 6.85. The topological polar surface area (TPSA) is 52.1 Å². The molecule has 0 saturated heterocycles. The number of aromatic amines is 1. The monoisotopic (exact) mass is 301 g/mol. The number of nitrogens with zero attached hydrogens (tertiary/aromatic N) is 2. The lowest BCUT2D eigenvalue weighted by molar-refractivity contribution is 0.394. The van der Waals surface area contributed by atoms with Crippen LogP contribution in [-0.4, -0.2) is 28.8 Å². The van der Waals surface area contributed by atoms with Gasteiger partial charge in [0.25, 0.3) is 0 Å². The van der Waals surface area contributed by atoms with Gasteiger partial charge in [-0.25, -0.2) is 4.98 Å². The van der Waals surface area contributed by atoms with E-state index >= 15 is 0 Å². The molecule has 108 valence electrons. The molecule has 0 spiro atoms. The average Bonchev–Trinajstić information content (AvgIpc) is 2.81. The van der Waals surface area contributed by atoms with Crippen molar-refractivity contribution in [2.75, 3.05) is 14.2 Å². The fourth-order valence-corrected chi connectivity index (χ4v) is 2.54. The molecular weight excluding hydrogens is 286 g/mol. The standard InChI is InChI=1S/C15H15N3O2S/c1-9-4-5-13-14(16-9)18(15(21)17-13)10-6-11(19-2)8-12(7-10)20-3/h4-8H,1-3H3,(H,17,21). The van der Waals surface area contributed by atoms with E-state index in [1.165, 1.54) is 0 Å². The van der Waals surface area contributed by atoms with E-state index in [2.05, 4.69) is 9.97 Å². The van der Waals surface area contributed by atoms with Gasteiger partial charge in [0.15, 0.2) is 10.4 Å². The van der Waals surface area contributed by atoms with E-state index in [0.717, 1.165) is 22.5 Å². The maximum Gasteiger partial charge on any atom is 0.184 e. The molecule has 1 N–H and O–H groups in total. The summed E-state index contributed by atoms with van der Waals surface area (Å²) >= 11 is 5.42. The van der Waals surface area contributed by atoms with E-state index in [-0.39, 0.29) is 0 Å². The number of benzene rings is 1. The largest absolute Gasteiger partial charge is 0.497 e. The van der Waals surface area contributed by atoms with Crippen molar-refractivity contribution in [1.29, 1.82) is 0 Å². The van der Waals surface area contributed by atoms with E-state index < -0.39 is 0 Å². The molecule has 1 aromatic carbocycles. The van der Waals surface area contributed by atoms with Crippen molar-refractivity contribution in [3.63, 3.8) is 0 Å². The Labute approximate surface area is 127 Å². The first-order chi connectivity index (χ1) is 10.1. The average molecular weight is 301 g/mol. The predicted molar refractivity (Wildman–Crippen MR) is 84.1 cm³/mol. The molecule has 0 unspecified atom stereocenters. The predicted octanol–water partition coefficient (Wildman–Crippen LogP) is 3.41. The van der Waals surface area contributed by atoms with Crippen LogP contribution < -0.4 is 9.47 Å². The molecule has 0 aliphatic carbocycles. The molecule has 0 amide bonds. The Morgan fingerprint density at radius 3 is 2.38 bits per heavy atom. The third-order valence-corrected chi connectivity index (χ3v) is 3.55. The van der Waals surface area contributed by atoms with Crippen LogP contribution in [0.2, 0.25) is 0 Å². The number of rotatable bonds is 3. The number of hydrogen-bond acceptors (Lipinski definition) is 4. The highest BCUT2D eigenvalue weighted by Crippen LogP contribution is 2.27. The number of nitrogens with one attached hydrogen (secondary N) is 1. The fourth-order valence-electron chi connectivity index (χ4n) is 2.24. The van der Waals surface area contributed by atoms with E-state index in [9.17, 15) is 0 Å². The minimum Gasteiger partial charge on any atom is -0.497 e. The molecule has 5 nitrogen and oxygen atoms in total. The normalized spacial score (nSPS) is 10.8. The summed E-state index contributed by atoms with van der Waals surface area (Å²) in [5.74, 6) is 1.40. The molecule has 0 saturated carbocycles. The van der Waals surface area contributed by atoms with Crippen LogP contribution in [0.15, 0.2) is 30.3 Å². The molecule has 21 heavy (non-hydrogen) atoms. The van der Waals surface area contributed by atoms with Crippen LogP contribution in [-0.2, 0) is 0 Å². The van der Waals surface area contributed by atoms with Gasteiger partial charge in [-0.1, -0.05) is 0 Å². The Hall–Kier alpha value is -2.34. The first-order valence-electron chi connectivity index (χ1n) is 6.44. The highest BCUT2D eigenvalue weighted by Gasteiger charge is 2.11. The third-order valence-electron chi connectivity index (χ3n) is 3.27. The molecule has 3 rings (SSSR count). The van der Waals surface area contributed by atoms with Crippen LogP contribution >= 0.6 is 12.2 Å². The second kappa shape index (κ2) is 5.21. The van der Waals surface area contributed by atoms with Crippen molar-refractivity contribution >= 4 is 23.4 Å². The zero-order valence-electron chi connectivity index (χ0n) is 12.0. The summed E-state index contributed by atoms with van der Waals surface area (Å²) in [5, 5.41) is 0. The number of fused-ring (bicyclic) bond motifs is 1. The number of ether oxygens (including phenoxy) is 2. The van der Waals surface area contributed by atoms with Crippen LogP contribution in [0.4, 0.5) is 0 Å². The van der Waals surface area contributed by atoms with Gasteiger partial charge in [0, 0.05) is 23.9 Å². The van der Waals surface area contributed by atoms with Gasteiger partial charge < -0.3 is 14.5 Å². The number of imidazole rings is 1. The number of hydrogen-bond donors (Lipinski definition) is 1. The summed E-state index contributed by atoms with van der Waals surface area (Å²) in [6, 6.07) is 9.54. The molecule has 3 aromatic rings. The second-order valence-electron chi connectivity index (χ2n) is 4.66. The maximum atomic E-state index is 5.42.